The van der Waals surface area contributed by atoms with Crippen molar-refractivity contribution < 1.29 is 14.3 Å². The molecule has 0 saturated heterocycles. The fraction of sp³-hybridized carbons (Fsp3) is 0.176. The van der Waals surface area contributed by atoms with Gasteiger partial charge in [0.2, 0.25) is 6.79 Å². The molecule has 2 aromatic rings. The van der Waals surface area contributed by atoms with Gasteiger partial charge in [0.15, 0.2) is 16.6 Å². The Labute approximate surface area is 145 Å². The normalized spacial score (nSPS) is 11.8. The number of thiocarbonyl (C=S) groups is 1. The van der Waals surface area contributed by atoms with Gasteiger partial charge in [-0.05, 0) is 61.5 Å². The Morgan fingerprint density at radius 2 is 1.83 bits per heavy atom. The molecule has 0 bridgehead atoms. The van der Waals surface area contributed by atoms with Crippen LogP contribution in [0.2, 0.25) is 0 Å². The molecule has 1 aliphatic rings. The highest BCUT2D eigenvalue weighted by atomic mass is 32.1. The van der Waals surface area contributed by atoms with Crippen molar-refractivity contribution in [1.82, 2.24) is 10.9 Å². The summed E-state index contributed by atoms with van der Waals surface area (Å²) in [4.78, 5) is 12.2. The van der Waals surface area contributed by atoms with Crippen LogP contribution in [0.1, 0.15) is 21.5 Å². The number of hydrogen-bond donors (Lipinski definition) is 3. The Morgan fingerprint density at radius 1 is 1.04 bits per heavy atom. The lowest BCUT2D eigenvalue weighted by Gasteiger charge is -2.14. The average molecular weight is 343 g/mol. The van der Waals surface area contributed by atoms with E-state index in [-0.39, 0.29) is 12.7 Å². The van der Waals surface area contributed by atoms with E-state index < -0.39 is 0 Å². The van der Waals surface area contributed by atoms with E-state index in [9.17, 15) is 4.79 Å². The summed E-state index contributed by atoms with van der Waals surface area (Å²) in [7, 11) is 0. The first kappa shape index (κ1) is 16.1. The van der Waals surface area contributed by atoms with E-state index in [2.05, 4.69) is 16.2 Å². The van der Waals surface area contributed by atoms with Gasteiger partial charge < -0.3 is 14.8 Å². The molecule has 0 spiro atoms. The number of carbonyl (C=O) groups is 1. The standard InChI is InChI=1S/C17H17N3O3S/c1-10-3-4-11(2)13(7-10)18-17(24)20-19-16(21)12-5-6-14-15(8-12)23-9-22-14/h3-8H,9H2,1-2H3,(H,19,21)(H2,18,20,24). The predicted molar refractivity (Wildman–Crippen MR) is 95.3 cm³/mol. The zero-order valence-corrected chi connectivity index (χ0v) is 14.1. The van der Waals surface area contributed by atoms with Crippen LogP contribution in [0.15, 0.2) is 36.4 Å². The maximum absolute atomic E-state index is 12.2. The van der Waals surface area contributed by atoms with Crippen LogP contribution < -0.4 is 25.6 Å². The molecule has 7 heteroatoms. The van der Waals surface area contributed by atoms with E-state index in [1.54, 1.807) is 18.2 Å². The minimum absolute atomic E-state index is 0.169. The highest BCUT2D eigenvalue weighted by Crippen LogP contribution is 2.32. The maximum atomic E-state index is 12.2. The third kappa shape index (κ3) is 3.57. The second-order valence-electron chi connectivity index (χ2n) is 5.42. The van der Waals surface area contributed by atoms with Crippen LogP contribution in [-0.2, 0) is 0 Å². The lowest BCUT2D eigenvalue weighted by atomic mass is 10.1. The number of rotatable bonds is 2. The van der Waals surface area contributed by atoms with Crippen molar-refractivity contribution in [2.45, 2.75) is 13.8 Å². The quantitative estimate of drug-likeness (QED) is 0.575. The molecule has 0 unspecified atom stereocenters. The zero-order chi connectivity index (χ0) is 17.1. The van der Waals surface area contributed by atoms with Gasteiger partial charge in [-0.3, -0.25) is 15.6 Å². The van der Waals surface area contributed by atoms with Gasteiger partial charge in [-0.1, -0.05) is 12.1 Å². The van der Waals surface area contributed by atoms with Gasteiger partial charge in [0, 0.05) is 11.3 Å². The number of fused-ring (bicyclic) bond motifs is 1. The van der Waals surface area contributed by atoms with Crippen molar-refractivity contribution in [3.8, 4) is 11.5 Å². The molecule has 3 rings (SSSR count). The molecule has 24 heavy (non-hydrogen) atoms. The number of anilines is 1. The van der Waals surface area contributed by atoms with Gasteiger partial charge in [-0.2, -0.15) is 0 Å². The number of hydrogen-bond acceptors (Lipinski definition) is 4. The molecule has 0 aromatic heterocycles. The van der Waals surface area contributed by atoms with E-state index in [1.807, 2.05) is 32.0 Å². The number of aryl methyl sites for hydroxylation is 2. The second-order valence-corrected chi connectivity index (χ2v) is 5.83. The van der Waals surface area contributed by atoms with E-state index in [0.717, 1.165) is 16.8 Å². The van der Waals surface area contributed by atoms with Gasteiger partial charge in [-0.25, -0.2) is 0 Å². The van der Waals surface area contributed by atoms with Crippen LogP contribution in [0.25, 0.3) is 0 Å². The van der Waals surface area contributed by atoms with Crippen molar-refractivity contribution in [2.75, 3.05) is 12.1 Å². The van der Waals surface area contributed by atoms with Crippen molar-refractivity contribution in [2.24, 2.45) is 0 Å². The van der Waals surface area contributed by atoms with Crippen molar-refractivity contribution >= 4 is 28.9 Å². The summed E-state index contributed by atoms with van der Waals surface area (Å²) in [5, 5.41) is 3.36. The summed E-state index contributed by atoms with van der Waals surface area (Å²) < 4.78 is 10.5. The Hall–Kier alpha value is -2.80. The molecule has 1 heterocycles. The molecule has 0 aliphatic carbocycles. The first-order valence-electron chi connectivity index (χ1n) is 7.37. The average Bonchev–Trinajstić information content (AvgIpc) is 3.03. The summed E-state index contributed by atoms with van der Waals surface area (Å²) in [5.41, 5.74) is 8.77. The molecular weight excluding hydrogens is 326 g/mol. The lowest BCUT2D eigenvalue weighted by molar-refractivity contribution is 0.0943. The molecule has 1 amide bonds. The minimum Gasteiger partial charge on any atom is -0.454 e. The highest BCUT2D eigenvalue weighted by molar-refractivity contribution is 7.80. The summed E-state index contributed by atoms with van der Waals surface area (Å²) in [5.74, 6) is 0.865. The summed E-state index contributed by atoms with van der Waals surface area (Å²) in [6.45, 7) is 4.15. The van der Waals surface area contributed by atoms with Gasteiger partial charge in [0.25, 0.3) is 5.91 Å². The van der Waals surface area contributed by atoms with Crippen LogP contribution in [-0.4, -0.2) is 17.8 Å². The molecule has 0 atom stereocenters. The highest BCUT2D eigenvalue weighted by Gasteiger charge is 2.16. The number of amides is 1. The largest absolute Gasteiger partial charge is 0.454 e. The maximum Gasteiger partial charge on any atom is 0.269 e. The molecule has 3 N–H and O–H groups in total. The van der Waals surface area contributed by atoms with Crippen LogP contribution >= 0.6 is 12.2 Å². The summed E-state index contributed by atoms with van der Waals surface area (Å²) >= 11 is 5.21. The van der Waals surface area contributed by atoms with Crippen LogP contribution in [0.3, 0.4) is 0 Å². The Kier molecular flexibility index (Phi) is 4.52. The lowest BCUT2D eigenvalue weighted by Crippen LogP contribution is -2.43. The van der Waals surface area contributed by atoms with Crippen molar-refractivity contribution in [3.05, 3.63) is 53.1 Å². The third-order valence-corrected chi connectivity index (χ3v) is 3.77. The molecule has 1 aliphatic heterocycles. The number of ether oxygens (including phenoxy) is 2. The summed E-state index contributed by atoms with van der Waals surface area (Å²) in [6.07, 6.45) is 0. The molecule has 2 aromatic carbocycles. The van der Waals surface area contributed by atoms with Crippen LogP contribution in [0.4, 0.5) is 5.69 Å². The van der Waals surface area contributed by atoms with Gasteiger partial charge >= 0.3 is 0 Å². The van der Waals surface area contributed by atoms with E-state index in [1.165, 1.54) is 0 Å². The second kappa shape index (κ2) is 6.76. The third-order valence-electron chi connectivity index (χ3n) is 3.57. The molecule has 124 valence electrons. The van der Waals surface area contributed by atoms with Crippen LogP contribution in [0, 0.1) is 13.8 Å². The molecule has 0 saturated carbocycles. The predicted octanol–water partition coefficient (Wildman–Crippen LogP) is 2.66. The van der Waals surface area contributed by atoms with E-state index in [0.29, 0.717) is 22.2 Å². The van der Waals surface area contributed by atoms with Crippen molar-refractivity contribution in [3.63, 3.8) is 0 Å². The number of benzene rings is 2. The van der Waals surface area contributed by atoms with Gasteiger partial charge in [0.05, 0.1) is 0 Å². The van der Waals surface area contributed by atoms with Gasteiger partial charge in [-0.15, -0.1) is 0 Å². The smallest absolute Gasteiger partial charge is 0.269 e. The van der Waals surface area contributed by atoms with Crippen LogP contribution in [0.5, 0.6) is 11.5 Å². The molecular formula is C17H17N3O3S. The Morgan fingerprint density at radius 3 is 2.67 bits per heavy atom. The Balaban J connectivity index is 1.58. The zero-order valence-electron chi connectivity index (χ0n) is 13.3. The molecule has 6 nitrogen and oxygen atoms in total. The van der Waals surface area contributed by atoms with Crippen molar-refractivity contribution in [1.29, 1.82) is 0 Å². The number of carbonyl (C=O) groups excluding carboxylic acids is 1. The van der Waals surface area contributed by atoms with E-state index >= 15 is 0 Å². The monoisotopic (exact) mass is 343 g/mol. The molecule has 0 radical (unpaired) electrons. The first-order chi connectivity index (χ1) is 11.5. The minimum atomic E-state index is -0.321. The summed E-state index contributed by atoms with van der Waals surface area (Å²) in [6, 6.07) is 11.0. The Bertz CT molecular complexity index is 808. The number of hydrazine groups is 1. The number of nitrogens with one attached hydrogen (secondary N) is 3. The van der Waals surface area contributed by atoms with E-state index in [4.69, 9.17) is 21.7 Å². The fourth-order valence-electron chi connectivity index (χ4n) is 2.25. The topological polar surface area (TPSA) is 71.6 Å². The van der Waals surface area contributed by atoms with Gasteiger partial charge in [0.1, 0.15) is 0 Å². The molecule has 0 fully saturated rings. The fourth-order valence-corrected chi connectivity index (χ4v) is 2.41. The first-order valence-corrected chi connectivity index (χ1v) is 7.78. The SMILES string of the molecule is Cc1ccc(C)c(NC(=S)NNC(=O)c2ccc3c(c2)OCO3)c1.